The van der Waals surface area contributed by atoms with E-state index in [2.05, 4.69) is 21.2 Å². The van der Waals surface area contributed by atoms with Gasteiger partial charge in [-0.1, -0.05) is 40.0 Å². The zero-order valence-corrected chi connectivity index (χ0v) is 12.4. The number of aryl methyl sites for hydroxylation is 1. The first kappa shape index (κ1) is 13.6. The van der Waals surface area contributed by atoms with Gasteiger partial charge in [0, 0.05) is 17.4 Å². The molecule has 0 aromatic heterocycles. The van der Waals surface area contributed by atoms with Crippen molar-refractivity contribution in [1.29, 1.82) is 0 Å². The van der Waals surface area contributed by atoms with Crippen LogP contribution in [0.4, 0.5) is 0 Å². The van der Waals surface area contributed by atoms with E-state index >= 15 is 0 Å². The number of alkyl halides is 1. The third-order valence-electron chi connectivity index (χ3n) is 3.85. The van der Waals surface area contributed by atoms with Gasteiger partial charge >= 0.3 is 0 Å². The van der Waals surface area contributed by atoms with Gasteiger partial charge in [-0.15, -0.1) is 0 Å². The van der Waals surface area contributed by atoms with Crippen LogP contribution in [-0.4, -0.2) is 17.8 Å². The molecule has 0 radical (unpaired) electrons. The van der Waals surface area contributed by atoms with Gasteiger partial charge in [-0.2, -0.15) is 0 Å². The van der Waals surface area contributed by atoms with Crippen molar-refractivity contribution in [2.45, 2.75) is 26.2 Å². The maximum atomic E-state index is 12.0. The predicted molar refractivity (Wildman–Crippen MR) is 78.1 cm³/mol. The first-order valence-electron chi connectivity index (χ1n) is 6.61. The van der Waals surface area contributed by atoms with Gasteiger partial charge in [0.25, 0.3) is 5.91 Å². The van der Waals surface area contributed by atoms with Gasteiger partial charge in [-0.05, 0) is 43.7 Å². The number of hydrogen-bond acceptors (Lipinski definition) is 1. The highest BCUT2D eigenvalue weighted by Crippen LogP contribution is 2.32. The Kier molecular flexibility index (Phi) is 4.81. The van der Waals surface area contributed by atoms with Gasteiger partial charge < -0.3 is 5.32 Å². The van der Waals surface area contributed by atoms with E-state index in [1.54, 1.807) is 0 Å². The molecule has 1 aliphatic carbocycles. The molecule has 1 N–H and O–H groups in total. The molecule has 0 spiro atoms. The van der Waals surface area contributed by atoms with Crippen LogP contribution in [0.5, 0.6) is 0 Å². The van der Waals surface area contributed by atoms with Crippen molar-refractivity contribution >= 4 is 21.8 Å². The zero-order valence-electron chi connectivity index (χ0n) is 10.8. The fraction of sp³-hybridized carbons (Fsp3) is 0.533. The number of benzene rings is 1. The van der Waals surface area contributed by atoms with Gasteiger partial charge in [-0.25, -0.2) is 0 Å². The number of hydrogen-bond donors (Lipinski definition) is 1. The SMILES string of the molecule is Cc1ccc(C(=O)NCC2CCCC2CBr)cc1. The molecule has 3 heteroatoms. The molecule has 1 amide bonds. The van der Waals surface area contributed by atoms with Gasteiger partial charge in [0.15, 0.2) is 0 Å². The van der Waals surface area contributed by atoms with E-state index in [1.807, 2.05) is 31.2 Å². The summed E-state index contributed by atoms with van der Waals surface area (Å²) in [7, 11) is 0. The van der Waals surface area contributed by atoms with Crippen molar-refractivity contribution in [3.63, 3.8) is 0 Å². The number of amides is 1. The molecule has 1 fully saturated rings. The van der Waals surface area contributed by atoms with Crippen molar-refractivity contribution < 1.29 is 4.79 Å². The Morgan fingerprint density at radius 1 is 1.28 bits per heavy atom. The van der Waals surface area contributed by atoms with Crippen molar-refractivity contribution in [1.82, 2.24) is 5.32 Å². The average Bonchev–Trinajstić information content (AvgIpc) is 2.84. The zero-order chi connectivity index (χ0) is 13.0. The minimum atomic E-state index is 0.0511. The van der Waals surface area contributed by atoms with Crippen LogP contribution in [0.1, 0.15) is 35.2 Å². The highest BCUT2D eigenvalue weighted by Gasteiger charge is 2.26. The summed E-state index contributed by atoms with van der Waals surface area (Å²) in [6.07, 6.45) is 3.82. The van der Waals surface area contributed by atoms with Gasteiger partial charge in [0.1, 0.15) is 0 Å². The fourth-order valence-corrected chi connectivity index (χ4v) is 3.47. The number of rotatable bonds is 4. The van der Waals surface area contributed by atoms with E-state index in [4.69, 9.17) is 0 Å². The average molecular weight is 310 g/mol. The van der Waals surface area contributed by atoms with Crippen molar-refractivity contribution in [2.24, 2.45) is 11.8 Å². The maximum absolute atomic E-state index is 12.0. The third kappa shape index (κ3) is 3.35. The van der Waals surface area contributed by atoms with Crippen LogP contribution < -0.4 is 5.32 Å². The molecule has 0 aliphatic heterocycles. The van der Waals surface area contributed by atoms with Crippen LogP contribution in [0, 0.1) is 18.8 Å². The molecule has 0 heterocycles. The quantitative estimate of drug-likeness (QED) is 0.847. The predicted octanol–water partition coefficient (Wildman–Crippen LogP) is 3.54. The number of carbonyl (C=O) groups excluding carboxylic acids is 1. The lowest BCUT2D eigenvalue weighted by atomic mass is 9.98. The summed E-state index contributed by atoms with van der Waals surface area (Å²) in [5.41, 5.74) is 1.94. The molecule has 2 nitrogen and oxygen atoms in total. The Labute approximate surface area is 117 Å². The second-order valence-electron chi connectivity index (χ2n) is 5.18. The summed E-state index contributed by atoms with van der Waals surface area (Å²) in [4.78, 5) is 12.0. The minimum absolute atomic E-state index is 0.0511. The summed E-state index contributed by atoms with van der Waals surface area (Å²) in [5.74, 6) is 1.41. The highest BCUT2D eigenvalue weighted by atomic mass is 79.9. The lowest BCUT2D eigenvalue weighted by Gasteiger charge is -2.17. The van der Waals surface area contributed by atoms with E-state index in [1.165, 1.54) is 24.8 Å². The molecule has 18 heavy (non-hydrogen) atoms. The van der Waals surface area contributed by atoms with E-state index in [0.717, 1.165) is 23.4 Å². The minimum Gasteiger partial charge on any atom is -0.352 e. The summed E-state index contributed by atoms with van der Waals surface area (Å²) in [6.45, 7) is 2.84. The van der Waals surface area contributed by atoms with Crippen molar-refractivity contribution in [3.05, 3.63) is 35.4 Å². The Hall–Kier alpha value is -0.830. The lowest BCUT2D eigenvalue weighted by molar-refractivity contribution is 0.0945. The Balaban J connectivity index is 1.86. The molecule has 1 aromatic rings. The summed E-state index contributed by atoms with van der Waals surface area (Å²) in [6, 6.07) is 7.74. The first-order valence-corrected chi connectivity index (χ1v) is 7.73. The van der Waals surface area contributed by atoms with E-state index in [0.29, 0.717) is 5.92 Å². The Morgan fingerprint density at radius 3 is 2.61 bits per heavy atom. The lowest BCUT2D eigenvalue weighted by Crippen LogP contribution is -2.31. The maximum Gasteiger partial charge on any atom is 0.251 e. The van der Waals surface area contributed by atoms with Crippen LogP contribution in [0.15, 0.2) is 24.3 Å². The van der Waals surface area contributed by atoms with E-state index in [-0.39, 0.29) is 5.91 Å². The molecule has 98 valence electrons. The highest BCUT2D eigenvalue weighted by molar-refractivity contribution is 9.09. The van der Waals surface area contributed by atoms with Crippen LogP contribution in [-0.2, 0) is 0 Å². The van der Waals surface area contributed by atoms with Crippen LogP contribution in [0.25, 0.3) is 0 Å². The van der Waals surface area contributed by atoms with Crippen molar-refractivity contribution in [2.75, 3.05) is 11.9 Å². The molecule has 1 aliphatic rings. The number of nitrogens with one attached hydrogen (secondary N) is 1. The van der Waals surface area contributed by atoms with Gasteiger partial charge in [-0.3, -0.25) is 4.79 Å². The second kappa shape index (κ2) is 6.37. The topological polar surface area (TPSA) is 29.1 Å². The van der Waals surface area contributed by atoms with E-state index < -0.39 is 0 Å². The molecule has 2 atom stereocenters. The molecular weight excluding hydrogens is 290 g/mol. The summed E-state index contributed by atoms with van der Waals surface area (Å²) >= 11 is 3.56. The first-order chi connectivity index (χ1) is 8.70. The van der Waals surface area contributed by atoms with Crippen LogP contribution in [0.2, 0.25) is 0 Å². The summed E-state index contributed by atoms with van der Waals surface area (Å²) in [5, 5.41) is 4.12. The molecule has 1 aromatic carbocycles. The largest absolute Gasteiger partial charge is 0.352 e. The van der Waals surface area contributed by atoms with Crippen LogP contribution in [0.3, 0.4) is 0 Å². The molecule has 2 rings (SSSR count). The fourth-order valence-electron chi connectivity index (χ4n) is 2.62. The molecule has 2 unspecified atom stereocenters. The molecule has 0 saturated heterocycles. The van der Waals surface area contributed by atoms with Crippen LogP contribution >= 0.6 is 15.9 Å². The van der Waals surface area contributed by atoms with Crippen molar-refractivity contribution in [3.8, 4) is 0 Å². The molecule has 0 bridgehead atoms. The summed E-state index contributed by atoms with van der Waals surface area (Å²) < 4.78 is 0. The monoisotopic (exact) mass is 309 g/mol. The smallest absolute Gasteiger partial charge is 0.251 e. The Bertz CT molecular complexity index is 401. The van der Waals surface area contributed by atoms with Gasteiger partial charge in [0.05, 0.1) is 0 Å². The number of carbonyl (C=O) groups is 1. The third-order valence-corrected chi connectivity index (χ3v) is 4.68. The Morgan fingerprint density at radius 2 is 1.94 bits per heavy atom. The number of halogens is 1. The second-order valence-corrected chi connectivity index (χ2v) is 5.83. The standard InChI is InChI=1S/C15H20BrNO/c1-11-5-7-12(8-6-11)15(18)17-10-14-4-2-3-13(14)9-16/h5-8,13-14H,2-4,9-10H2,1H3,(H,17,18). The van der Waals surface area contributed by atoms with E-state index in [9.17, 15) is 4.79 Å². The molecular formula is C15H20BrNO. The normalized spacial score (nSPS) is 23.0. The molecule has 1 saturated carbocycles. The van der Waals surface area contributed by atoms with Gasteiger partial charge in [0.2, 0.25) is 0 Å².